The van der Waals surface area contributed by atoms with Gasteiger partial charge in [-0.15, -0.1) is 0 Å². The lowest BCUT2D eigenvalue weighted by Crippen LogP contribution is -1.97. The number of hydrogen-bond donors (Lipinski definition) is 0. The van der Waals surface area contributed by atoms with Gasteiger partial charge in [-0.1, -0.05) is 72.8 Å². The van der Waals surface area contributed by atoms with Gasteiger partial charge in [0.05, 0.1) is 22.2 Å². The summed E-state index contributed by atoms with van der Waals surface area (Å²) < 4.78 is 4.55. The molecule has 4 aromatic carbocycles. The second kappa shape index (κ2) is 7.46. The topological polar surface area (TPSA) is 22.8 Å². The normalized spacial score (nSPS) is 11.5. The number of hydrogen-bond acceptors (Lipinski definition) is 1. The molecule has 3 heteroatoms. The molecule has 0 spiro atoms. The van der Waals surface area contributed by atoms with E-state index >= 15 is 0 Å². The van der Waals surface area contributed by atoms with E-state index in [9.17, 15) is 0 Å². The first kappa shape index (κ1) is 18.9. The molecular weight excluding hydrogens is 414 g/mol. The van der Waals surface area contributed by atoms with Crippen molar-refractivity contribution in [2.24, 2.45) is 0 Å². The largest absolute Gasteiger partial charge is 0.309 e. The van der Waals surface area contributed by atoms with Crippen LogP contribution in [0, 0.1) is 0 Å². The van der Waals surface area contributed by atoms with Gasteiger partial charge in [0.1, 0.15) is 5.82 Å². The lowest BCUT2D eigenvalue weighted by atomic mass is 10.1. The molecule has 0 bridgehead atoms. The third-order valence-corrected chi connectivity index (χ3v) is 6.57. The standard InChI is InChI=1S/C31H21N3/c1-3-10-22(11-4-1)26-15-9-17-30(32-26)33-21-20-25-27(33)18-19-29-31(25)24-14-7-8-16-28(24)34(29)23-12-5-2-6-13-23/h1-21H. The summed E-state index contributed by atoms with van der Waals surface area (Å²) >= 11 is 0. The van der Waals surface area contributed by atoms with E-state index in [4.69, 9.17) is 4.98 Å². The van der Waals surface area contributed by atoms with Crippen molar-refractivity contribution in [1.29, 1.82) is 0 Å². The van der Waals surface area contributed by atoms with Crippen molar-refractivity contribution in [3.63, 3.8) is 0 Å². The van der Waals surface area contributed by atoms with Crippen molar-refractivity contribution >= 4 is 32.7 Å². The third-order valence-electron chi connectivity index (χ3n) is 6.57. The van der Waals surface area contributed by atoms with E-state index in [1.165, 1.54) is 32.9 Å². The fraction of sp³-hybridized carbons (Fsp3) is 0. The van der Waals surface area contributed by atoms with Crippen LogP contribution < -0.4 is 0 Å². The summed E-state index contributed by atoms with van der Waals surface area (Å²) in [4.78, 5) is 4.99. The minimum absolute atomic E-state index is 0.919. The number of pyridine rings is 1. The van der Waals surface area contributed by atoms with Crippen molar-refractivity contribution in [3.8, 4) is 22.8 Å². The molecule has 0 radical (unpaired) electrons. The van der Waals surface area contributed by atoms with Crippen molar-refractivity contribution in [2.45, 2.75) is 0 Å². The average Bonchev–Trinajstić information content (AvgIpc) is 3.49. The lowest BCUT2D eigenvalue weighted by Gasteiger charge is -2.09. The third kappa shape index (κ3) is 2.81. The second-order valence-electron chi connectivity index (χ2n) is 8.51. The van der Waals surface area contributed by atoms with Crippen LogP contribution >= 0.6 is 0 Å². The highest BCUT2D eigenvalue weighted by atomic mass is 15.1. The molecule has 0 aliphatic heterocycles. The van der Waals surface area contributed by atoms with Gasteiger partial charge in [0.25, 0.3) is 0 Å². The van der Waals surface area contributed by atoms with Crippen LogP contribution in [0.2, 0.25) is 0 Å². The minimum Gasteiger partial charge on any atom is -0.309 e. The quantitative estimate of drug-likeness (QED) is 0.278. The zero-order valence-corrected chi connectivity index (χ0v) is 18.5. The van der Waals surface area contributed by atoms with Gasteiger partial charge < -0.3 is 9.13 Å². The van der Waals surface area contributed by atoms with Crippen LogP contribution in [0.15, 0.2) is 128 Å². The number of fused-ring (bicyclic) bond motifs is 5. The van der Waals surface area contributed by atoms with Gasteiger partial charge in [0.2, 0.25) is 0 Å². The van der Waals surface area contributed by atoms with E-state index in [0.29, 0.717) is 0 Å². The van der Waals surface area contributed by atoms with Gasteiger partial charge in [-0.05, 0) is 48.5 Å². The van der Waals surface area contributed by atoms with Crippen LogP contribution in [-0.4, -0.2) is 14.1 Å². The summed E-state index contributed by atoms with van der Waals surface area (Å²) in [6.45, 7) is 0. The first-order valence-electron chi connectivity index (χ1n) is 11.5. The Bertz CT molecular complexity index is 1790. The van der Waals surface area contributed by atoms with Crippen molar-refractivity contribution in [3.05, 3.63) is 128 Å². The van der Waals surface area contributed by atoms with Crippen LogP contribution in [0.3, 0.4) is 0 Å². The van der Waals surface area contributed by atoms with E-state index in [2.05, 4.69) is 118 Å². The molecule has 0 atom stereocenters. The molecule has 0 saturated carbocycles. The number of para-hydroxylation sites is 2. The van der Waals surface area contributed by atoms with Gasteiger partial charge in [0, 0.05) is 33.6 Å². The molecule has 3 heterocycles. The van der Waals surface area contributed by atoms with E-state index in [0.717, 1.165) is 22.6 Å². The highest BCUT2D eigenvalue weighted by Crippen LogP contribution is 2.37. The Labute approximate surface area is 197 Å². The molecule has 0 saturated heterocycles. The summed E-state index contributed by atoms with van der Waals surface area (Å²) in [5, 5.41) is 3.76. The molecule has 0 aliphatic carbocycles. The molecule has 0 amide bonds. The molecule has 0 fully saturated rings. The van der Waals surface area contributed by atoms with Crippen LogP contribution in [0.25, 0.3) is 55.5 Å². The second-order valence-corrected chi connectivity index (χ2v) is 8.51. The van der Waals surface area contributed by atoms with Gasteiger partial charge in [0.15, 0.2) is 0 Å². The van der Waals surface area contributed by atoms with Crippen LogP contribution in [0.1, 0.15) is 0 Å². The molecule has 160 valence electrons. The van der Waals surface area contributed by atoms with E-state index < -0.39 is 0 Å². The Morgan fingerprint density at radius 2 is 1.21 bits per heavy atom. The van der Waals surface area contributed by atoms with Gasteiger partial charge in [-0.25, -0.2) is 4.98 Å². The molecular formula is C31H21N3. The Morgan fingerprint density at radius 3 is 2.06 bits per heavy atom. The highest BCUT2D eigenvalue weighted by molar-refractivity contribution is 6.21. The van der Waals surface area contributed by atoms with Crippen LogP contribution in [0.4, 0.5) is 0 Å². The molecule has 34 heavy (non-hydrogen) atoms. The molecule has 0 aliphatic rings. The predicted octanol–water partition coefficient (Wildman–Crippen LogP) is 7.79. The van der Waals surface area contributed by atoms with E-state index in [1.54, 1.807) is 0 Å². The number of benzene rings is 4. The van der Waals surface area contributed by atoms with E-state index in [-0.39, 0.29) is 0 Å². The zero-order valence-electron chi connectivity index (χ0n) is 18.5. The first-order valence-corrected chi connectivity index (χ1v) is 11.5. The van der Waals surface area contributed by atoms with Gasteiger partial charge in [-0.3, -0.25) is 0 Å². The molecule has 7 aromatic rings. The summed E-state index contributed by atoms with van der Waals surface area (Å²) in [6, 6.07) is 42.5. The monoisotopic (exact) mass is 435 g/mol. The summed E-state index contributed by atoms with van der Waals surface area (Å²) in [5.74, 6) is 0.919. The van der Waals surface area contributed by atoms with Crippen molar-refractivity contribution in [2.75, 3.05) is 0 Å². The summed E-state index contributed by atoms with van der Waals surface area (Å²) in [5.41, 5.74) is 6.85. The maximum absolute atomic E-state index is 4.99. The van der Waals surface area contributed by atoms with Crippen LogP contribution in [0.5, 0.6) is 0 Å². The molecule has 0 unspecified atom stereocenters. The van der Waals surface area contributed by atoms with Crippen molar-refractivity contribution < 1.29 is 0 Å². The Kier molecular flexibility index (Phi) is 4.15. The summed E-state index contributed by atoms with van der Waals surface area (Å²) in [7, 11) is 0. The zero-order chi connectivity index (χ0) is 22.5. The fourth-order valence-corrected chi connectivity index (χ4v) is 5.07. The predicted molar refractivity (Wildman–Crippen MR) is 141 cm³/mol. The molecule has 0 N–H and O–H groups in total. The Balaban J connectivity index is 1.49. The first-order chi connectivity index (χ1) is 16.9. The van der Waals surface area contributed by atoms with Crippen LogP contribution in [-0.2, 0) is 0 Å². The fourth-order valence-electron chi connectivity index (χ4n) is 5.07. The van der Waals surface area contributed by atoms with Gasteiger partial charge >= 0.3 is 0 Å². The maximum Gasteiger partial charge on any atom is 0.137 e. The van der Waals surface area contributed by atoms with Crippen molar-refractivity contribution in [1.82, 2.24) is 14.1 Å². The Morgan fingerprint density at radius 1 is 0.500 bits per heavy atom. The smallest absolute Gasteiger partial charge is 0.137 e. The van der Waals surface area contributed by atoms with Gasteiger partial charge in [-0.2, -0.15) is 0 Å². The molecule has 3 aromatic heterocycles. The minimum atomic E-state index is 0.919. The Hall–Kier alpha value is -4.63. The SMILES string of the molecule is c1ccc(-c2cccc(-n3ccc4c5c6ccccc6n(-c6ccccc6)c5ccc43)n2)cc1. The van der Waals surface area contributed by atoms with E-state index in [1.807, 2.05) is 18.2 Å². The number of nitrogens with zero attached hydrogens (tertiary/aromatic N) is 3. The highest BCUT2D eigenvalue weighted by Gasteiger charge is 2.16. The summed E-state index contributed by atoms with van der Waals surface area (Å²) in [6.07, 6.45) is 2.13. The number of aromatic nitrogens is 3. The lowest BCUT2D eigenvalue weighted by molar-refractivity contribution is 1.05. The molecule has 7 rings (SSSR count). The maximum atomic E-state index is 4.99. The molecule has 3 nitrogen and oxygen atoms in total. The number of rotatable bonds is 3. The average molecular weight is 436 g/mol.